The van der Waals surface area contributed by atoms with Crippen molar-refractivity contribution in [2.75, 3.05) is 24.7 Å². The van der Waals surface area contributed by atoms with Crippen LogP contribution in [0.1, 0.15) is 52.5 Å². The largest absolute Gasteiger partial charge is 0.444 e. The van der Waals surface area contributed by atoms with Gasteiger partial charge in [-0.05, 0) is 46.3 Å². The molecule has 0 unspecified atom stereocenters. The Morgan fingerprint density at radius 2 is 2.08 bits per heavy atom. The number of nitrogens with one attached hydrogen (secondary N) is 1. The lowest BCUT2D eigenvalue weighted by Crippen LogP contribution is -2.50. The number of carbonyl (C=O) groups excluding carboxylic acids is 2. The fraction of sp³-hybridized carbons (Fsp3) is 0.556. The van der Waals surface area contributed by atoms with Gasteiger partial charge in [0.2, 0.25) is 5.91 Å². The maximum absolute atomic E-state index is 15.1. The summed E-state index contributed by atoms with van der Waals surface area (Å²) in [5, 5.41) is 4.37. The number of hydrogen-bond donors (Lipinski definition) is 1. The summed E-state index contributed by atoms with van der Waals surface area (Å²) in [7, 11) is 0. The van der Waals surface area contributed by atoms with E-state index in [0.29, 0.717) is 34.8 Å². The smallest absolute Gasteiger partial charge is 0.410 e. The number of hydrogen-bond acceptors (Lipinski definition) is 7. The third kappa shape index (κ3) is 4.87. The van der Waals surface area contributed by atoms with Crippen molar-refractivity contribution in [2.45, 2.75) is 75.7 Å². The highest BCUT2D eigenvalue weighted by atomic mass is 35.5. The van der Waals surface area contributed by atoms with Crippen LogP contribution in [0.15, 0.2) is 11.2 Å². The summed E-state index contributed by atoms with van der Waals surface area (Å²) in [6.07, 6.45) is 5.60. The normalized spacial score (nSPS) is 24.2. The molecule has 3 aliphatic heterocycles. The molecule has 0 spiro atoms. The molecule has 5 heterocycles. The summed E-state index contributed by atoms with van der Waals surface area (Å²) in [5.74, 6) is 6.08. The highest BCUT2D eigenvalue weighted by molar-refractivity contribution is 7.98. The van der Waals surface area contributed by atoms with E-state index in [4.69, 9.17) is 16.3 Å². The van der Waals surface area contributed by atoms with Gasteiger partial charge in [-0.1, -0.05) is 23.4 Å². The van der Waals surface area contributed by atoms with Crippen LogP contribution in [0.25, 0.3) is 10.9 Å². The molecule has 4 fully saturated rings. The fourth-order valence-electron chi connectivity index (χ4n) is 5.54. The van der Waals surface area contributed by atoms with Crippen molar-refractivity contribution in [2.24, 2.45) is 5.92 Å². The first-order chi connectivity index (χ1) is 18.0. The minimum Gasteiger partial charge on any atom is -0.444 e. The van der Waals surface area contributed by atoms with Crippen LogP contribution in [-0.2, 0) is 9.53 Å². The molecule has 4 aliphatic rings. The Morgan fingerprint density at radius 1 is 1.32 bits per heavy atom. The second-order valence-corrected chi connectivity index (χ2v) is 12.2. The third-order valence-corrected chi connectivity index (χ3v) is 8.29. The van der Waals surface area contributed by atoms with Gasteiger partial charge in [-0.2, -0.15) is 0 Å². The number of anilines is 1. The second-order valence-electron chi connectivity index (χ2n) is 11.0. The van der Waals surface area contributed by atoms with Crippen molar-refractivity contribution < 1.29 is 18.7 Å². The van der Waals surface area contributed by atoms with E-state index in [2.05, 4.69) is 27.1 Å². The predicted molar refractivity (Wildman–Crippen MR) is 146 cm³/mol. The van der Waals surface area contributed by atoms with Gasteiger partial charge in [-0.3, -0.25) is 4.79 Å². The predicted octanol–water partition coefficient (Wildman–Crippen LogP) is 4.93. The molecule has 2 amide bonds. The maximum Gasteiger partial charge on any atom is 0.410 e. The summed E-state index contributed by atoms with van der Waals surface area (Å²) >= 11 is 7.36. The van der Waals surface area contributed by atoms with E-state index in [-0.39, 0.29) is 46.7 Å². The van der Waals surface area contributed by atoms with Crippen molar-refractivity contribution in [3.8, 4) is 11.8 Å². The standard InChI is InChI=1S/C27H31ClFN5O3S/c1-14(35)33-10-6-7-16(33)8-9-17-22(18-12-30-24(28)20(29)23(18)32-25(17)38-5)31-21-15-11-19(21)34(13-15)26(36)37-27(2,3)4/h12,15-16,19,21H,6-7,10-11,13H2,1-5H3,(H,31,32)/t15-,16-,19-,21+/m1/s1. The molecule has 0 radical (unpaired) electrons. The molecule has 1 aliphatic carbocycles. The van der Waals surface area contributed by atoms with E-state index in [9.17, 15) is 9.59 Å². The number of fused-ring (bicyclic) bond motifs is 2. The van der Waals surface area contributed by atoms with Crippen LogP contribution in [-0.4, -0.2) is 74.8 Å². The number of halogens is 2. The summed E-state index contributed by atoms with van der Waals surface area (Å²) < 4.78 is 20.7. The van der Waals surface area contributed by atoms with Crippen molar-refractivity contribution in [3.63, 3.8) is 0 Å². The number of amides is 2. The van der Waals surface area contributed by atoms with E-state index in [1.54, 1.807) is 16.7 Å². The maximum atomic E-state index is 15.1. The Labute approximate surface area is 231 Å². The highest BCUT2D eigenvalue weighted by Crippen LogP contribution is 2.45. The number of nitrogens with zero attached hydrogens (tertiary/aromatic N) is 4. The molecule has 1 saturated carbocycles. The molecule has 2 aromatic heterocycles. The number of ether oxygens (including phenoxy) is 1. The van der Waals surface area contributed by atoms with E-state index in [0.717, 1.165) is 19.3 Å². The van der Waals surface area contributed by atoms with Gasteiger partial charge in [0.1, 0.15) is 16.1 Å². The van der Waals surface area contributed by atoms with Crippen LogP contribution < -0.4 is 5.32 Å². The number of carbonyl (C=O) groups is 2. The molecule has 1 N–H and O–H groups in total. The average Bonchev–Trinajstić information content (AvgIpc) is 3.57. The molecule has 8 nitrogen and oxygen atoms in total. The molecule has 0 aromatic carbocycles. The minimum absolute atomic E-state index is 0.00364. The van der Waals surface area contributed by atoms with Crippen molar-refractivity contribution in [1.82, 2.24) is 19.8 Å². The summed E-state index contributed by atoms with van der Waals surface area (Å²) in [6.45, 7) is 8.38. The van der Waals surface area contributed by atoms with E-state index >= 15 is 4.39 Å². The molecule has 38 heavy (non-hydrogen) atoms. The van der Waals surface area contributed by atoms with Gasteiger partial charge in [-0.25, -0.2) is 19.2 Å². The monoisotopic (exact) mass is 559 g/mol. The average molecular weight is 560 g/mol. The number of thioether (sulfide) groups is 1. The molecular weight excluding hydrogens is 529 g/mol. The van der Waals surface area contributed by atoms with Gasteiger partial charge in [0.25, 0.3) is 0 Å². The van der Waals surface area contributed by atoms with E-state index < -0.39 is 11.4 Å². The van der Waals surface area contributed by atoms with Crippen molar-refractivity contribution in [3.05, 3.63) is 22.7 Å². The van der Waals surface area contributed by atoms with E-state index in [1.165, 1.54) is 18.0 Å². The zero-order valence-electron chi connectivity index (χ0n) is 22.1. The zero-order valence-corrected chi connectivity index (χ0v) is 23.7. The van der Waals surface area contributed by atoms with Gasteiger partial charge in [0.05, 0.1) is 29.4 Å². The van der Waals surface area contributed by atoms with E-state index in [1.807, 2.05) is 27.0 Å². The Kier molecular flexibility index (Phi) is 7.12. The van der Waals surface area contributed by atoms with Crippen LogP contribution in [0.3, 0.4) is 0 Å². The van der Waals surface area contributed by atoms with Gasteiger partial charge in [0, 0.05) is 37.5 Å². The van der Waals surface area contributed by atoms with Crippen LogP contribution in [0.5, 0.6) is 0 Å². The number of rotatable bonds is 3. The van der Waals surface area contributed by atoms with Gasteiger partial charge in [0.15, 0.2) is 11.0 Å². The Morgan fingerprint density at radius 3 is 2.76 bits per heavy atom. The molecular formula is C27H31ClFN5O3S. The van der Waals surface area contributed by atoms with Gasteiger partial charge < -0.3 is 19.9 Å². The quantitative estimate of drug-likeness (QED) is 0.324. The topological polar surface area (TPSA) is 87.7 Å². The van der Waals surface area contributed by atoms with Gasteiger partial charge >= 0.3 is 6.09 Å². The third-order valence-electron chi connectivity index (χ3n) is 7.35. The molecule has 11 heteroatoms. The van der Waals surface area contributed by atoms with Crippen LogP contribution in [0.4, 0.5) is 14.9 Å². The minimum atomic E-state index is -0.687. The van der Waals surface area contributed by atoms with Gasteiger partial charge in [-0.15, -0.1) is 11.8 Å². The lowest BCUT2D eigenvalue weighted by molar-refractivity contribution is -0.128. The lowest BCUT2D eigenvalue weighted by atomic mass is 9.79. The Hall–Kier alpha value is -2.77. The SMILES string of the molecule is CSc1nc2c(F)c(Cl)ncc2c(N[C@H]2[C@@H]3C[C@H]2N(C(=O)OC(C)(C)C)C3)c1C#C[C@H]1CCCN1C(C)=O. The number of likely N-dealkylation sites (tertiary alicyclic amines) is 1. The molecule has 6 rings (SSSR count). The molecule has 4 atom stereocenters. The van der Waals surface area contributed by atoms with Crippen LogP contribution >= 0.6 is 23.4 Å². The molecule has 2 bridgehead atoms. The summed E-state index contributed by atoms with van der Waals surface area (Å²) in [5.41, 5.74) is 0.775. The summed E-state index contributed by atoms with van der Waals surface area (Å²) in [4.78, 5) is 37.1. The zero-order chi connectivity index (χ0) is 27.4. The first-order valence-corrected chi connectivity index (χ1v) is 14.4. The second kappa shape index (κ2) is 10.1. The van der Waals surface area contributed by atoms with Crippen LogP contribution in [0, 0.1) is 23.6 Å². The fourth-order valence-corrected chi connectivity index (χ4v) is 6.22. The molecule has 2 aromatic rings. The van der Waals surface area contributed by atoms with Crippen molar-refractivity contribution >= 4 is 52.0 Å². The Bertz CT molecular complexity index is 1370. The molecule has 3 saturated heterocycles. The Balaban J connectivity index is 1.54. The van der Waals surface area contributed by atoms with Crippen molar-refractivity contribution in [1.29, 1.82) is 0 Å². The number of aromatic nitrogens is 2. The summed E-state index contributed by atoms with van der Waals surface area (Å²) in [6, 6.07) is -0.291. The lowest BCUT2D eigenvalue weighted by Gasteiger charge is -2.38. The molecule has 202 valence electrons. The first kappa shape index (κ1) is 26.8. The van der Waals surface area contributed by atoms with Crippen LogP contribution in [0.2, 0.25) is 5.15 Å². The first-order valence-electron chi connectivity index (χ1n) is 12.7. The highest BCUT2D eigenvalue weighted by Gasteiger charge is 2.55. The number of pyridine rings is 2.